The summed E-state index contributed by atoms with van der Waals surface area (Å²) in [5, 5.41) is 13.4. The number of aromatic nitrogens is 1. The van der Waals surface area contributed by atoms with Gasteiger partial charge >= 0.3 is 5.97 Å². The maximum Gasteiger partial charge on any atom is 0.337 e. The number of hydrogen-bond acceptors (Lipinski definition) is 7. The highest BCUT2D eigenvalue weighted by molar-refractivity contribution is 5.94. The summed E-state index contributed by atoms with van der Waals surface area (Å²) in [6, 6.07) is 14.2. The fourth-order valence-corrected chi connectivity index (χ4v) is 5.01. The normalized spacial score (nSPS) is 15.0. The van der Waals surface area contributed by atoms with Gasteiger partial charge in [-0.15, -0.1) is 0 Å². The second kappa shape index (κ2) is 10.3. The van der Waals surface area contributed by atoms with Crippen molar-refractivity contribution in [3.8, 4) is 11.3 Å². The molecular formula is C30H32N4O4. The van der Waals surface area contributed by atoms with Crippen LogP contribution in [0.25, 0.3) is 22.3 Å². The molecule has 0 saturated carbocycles. The van der Waals surface area contributed by atoms with E-state index in [1.807, 2.05) is 38.1 Å². The second-order valence-corrected chi connectivity index (χ2v) is 10.0. The Balaban J connectivity index is 1.55. The number of nitrogens with zero attached hydrogens (tertiary/aromatic N) is 3. The fourth-order valence-electron chi connectivity index (χ4n) is 5.01. The summed E-state index contributed by atoms with van der Waals surface area (Å²) in [7, 11) is 2.12. The summed E-state index contributed by atoms with van der Waals surface area (Å²) in [4.78, 5) is 34.5. The summed E-state index contributed by atoms with van der Waals surface area (Å²) in [6.07, 6.45) is 1.77. The number of hydrogen-bond donors (Lipinski definition) is 2. The number of carbonyl (C=O) groups is 1. The van der Waals surface area contributed by atoms with Crippen molar-refractivity contribution in [2.45, 2.75) is 26.8 Å². The lowest BCUT2D eigenvalue weighted by Gasteiger charge is -2.33. The maximum absolute atomic E-state index is 13.5. The number of nitrogens with one attached hydrogen (secondary N) is 1. The van der Waals surface area contributed by atoms with Crippen LogP contribution in [0.1, 0.15) is 40.0 Å². The Labute approximate surface area is 221 Å². The van der Waals surface area contributed by atoms with Gasteiger partial charge in [0.2, 0.25) is 0 Å². The lowest BCUT2D eigenvalue weighted by Crippen LogP contribution is -2.44. The lowest BCUT2D eigenvalue weighted by atomic mass is 9.98. The third-order valence-corrected chi connectivity index (χ3v) is 7.23. The summed E-state index contributed by atoms with van der Waals surface area (Å²) < 4.78 is 6.46. The van der Waals surface area contributed by atoms with Crippen LogP contribution in [0.4, 0.5) is 11.5 Å². The van der Waals surface area contributed by atoms with Gasteiger partial charge in [-0.3, -0.25) is 4.79 Å². The molecule has 4 aromatic rings. The van der Waals surface area contributed by atoms with Gasteiger partial charge in [-0.25, -0.2) is 9.78 Å². The van der Waals surface area contributed by atoms with Crippen molar-refractivity contribution < 1.29 is 14.3 Å². The van der Waals surface area contributed by atoms with Crippen LogP contribution in [0.3, 0.4) is 0 Å². The molecular weight excluding hydrogens is 480 g/mol. The van der Waals surface area contributed by atoms with Gasteiger partial charge in [-0.2, -0.15) is 0 Å². The lowest BCUT2D eigenvalue weighted by molar-refractivity contribution is 0.0698. The van der Waals surface area contributed by atoms with Crippen molar-refractivity contribution in [2.24, 2.45) is 0 Å². The number of anilines is 2. The average Bonchev–Trinajstić information content (AvgIpc) is 2.91. The van der Waals surface area contributed by atoms with Crippen LogP contribution in [0.5, 0.6) is 0 Å². The van der Waals surface area contributed by atoms with Crippen molar-refractivity contribution >= 4 is 28.4 Å². The van der Waals surface area contributed by atoms with Crippen molar-refractivity contribution in [3.05, 3.63) is 87.2 Å². The van der Waals surface area contributed by atoms with Crippen LogP contribution in [-0.4, -0.2) is 54.2 Å². The molecule has 1 unspecified atom stereocenters. The molecule has 0 radical (unpaired) electrons. The molecule has 2 aromatic carbocycles. The first-order valence-corrected chi connectivity index (χ1v) is 12.8. The summed E-state index contributed by atoms with van der Waals surface area (Å²) in [6.45, 7) is 9.48. The van der Waals surface area contributed by atoms with Crippen LogP contribution < -0.4 is 15.6 Å². The van der Waals surface area contributed by atoms with E-state index in [0.717, 1.165) is 48.7 Å². The average molecular weight is 513 g/mol. The number of aryl methyl sites for hydroxylation is 1. The van der Waals surface area contributed by atoms with E-state index >= 15 is 0 Å². The Hall–Kier alpha value is -4.17. The quantitative estimate of drug-likeness (QED) is 0.368. The van der Waals surface area contributed by atoms with Gasteiger partial charge < -0.3 is 24.6 Å². The van der Waals surface area contributed by atoms with Crippen LogP contribution in [-0.2, 0) is 0 Å². The zero-order chi connectivity index (χ0) is 27.0. The molecule has 8 nitrogen and oxygen atoms in total. The van der Waals surface area contributed by atoms with Gasteiger partial charge in [0.1, 0.15) is 17.2 Å². The van der Waals surface area contributed by atoms with E-state index in [0.29, 0.717) is 28.0 Å². The minimum atomic E-state index is -1.01. The highest BCUT2D eigenvalue weighted by Gasteiger charge is 2.21. The molecule has 0 amide bonds. The second-order valence-electron chi connectivity index (χ2n) is 10.0. The minimum absolute atomic E-state index is 0.0903. The predicted octanol–water partition coefficient (Wildman–Crippen LogP) is 5.09. The van der Waals surface area contributed by atoms with Gasteiger partial charge in [0.05, 0.1) is 17.0 Å². The third kappa shape index (κ3) is 4.87. The zero-order valence-corrected chi connectivity index (χ0v) is 22.1. The summed E-state index contributed by atoms with van der Waals surface area (Å²) in [5.41, 5.74) is 4.04. The van der Waals surface area contributed by atoms with E-state index in [4.69, 9.17) is 4.42 Å². The molecule has 1 atom stereocenters. The maximum atomic E-state index is 13.5. The van der Waals surface area contributed by atoms with E-state index in [1.54, 1.807) is 37.4 Å². The number of carboxylic acid groups (broad SMARTS) is 1. The highest BCUT2D eigenvalue weighted by Crippen LogP contribution is 2.33. The molecule has 196 valence electrons. The van der Waals surface area contributed by atoms with E-state index in [9.17, 15) is 14.7 Å². The number of para-hydroxylation sites is 1. The van der Waals surface area contributed by atoms with Crippen molar-refractivity contribution in [2.75, 3.05) is 43.4 Å². The van der Waals surface area contributed by atoms with Crippen LogP contribution in [0.2, 0.25) is 0 Å². The van der Waals surface area contributed by atoms with Gasteiger partial charge in [0.25, 0.3) is 0 Å². The number of rotatable bonds is 6. The first-order valence-electron chi connectivity index (χ1n) is 12.8. The van der Waals surface area contributed by atoms with Crippen LogP contribution in [0, 0.1) is 13.8 Å². The zero-order valence-electron chi connectivity index (χ0n) is 22.1. The Bertz CT molecular complexity index is 1550. The topological polar surface area (TPSA) is 98.9 Å². The molecule has 5 rings (SSSR count). The third-order valence-electron chi connectivity index (χ3n) is 7.23. The molecule has 3 heterocycles. The fraction of sp³-hybridized carbons (Fsp3) is 0.300. The molecule has 1 aliphatic heterocycles. The molecule has 1 fully saturated rings. The molecule has 1 saturated heterocycles. The number of carboxylic acids is 1. The van der Waals surface area contributed by atoms with E-state index in [1.165, 1.54) is 0 Å². The Morgan fingerprint density at radius 3 is 2.50 bits per heavy atom. The monoisotopic (exact) mass is 512 g/mol. The number of piperazine rings is 1. The summed E-state index contributed by atoms with van der Waals surface area (Å²) >= 11 is 0. The van der Waals surface area contributed by atoms with Crippen LogP contribution in [0.15, 0.2) is 63.9 Å². The standard InChI is InChI=1S/C30H32N4O4/c1-18-15-23(20(3)32-25-8-6-5-7-22(25)30(36)37)29-24(16-18)27(35)19(2)28(38-29)21-9-10-26(31-17-21)34-13-11-33(4)12-14-34/h5-10,15-17,20,32H,11-14H2,1-4H3,(H,36,37). The van der Waals surface area contributed by atoms with Crippen molar-refractivity contribution in [1.82, 2.24) is 9.88 Å². The first kappa shape index (κ1) is 25.5. The smallest absolute Gasteiger partial charge is 0.337 e. The minimum Gasteiger partial charge on any atom is -0.478 e. The van der Waals surface area contributed by atoms with Crippen molar-refractivity contribution in [1.29, 1.82) is 0 Å². The van der Waals surface area contributed by atoms with Gasteiger partial charge in [0.15, 0.2) is 5.43 Å². The number of pyridine rings is 1. The Morgan fingerprint density at radius 2 is 1.82 bits per heavy atom. The van der Waals surface area contributed by atoms with Crippen molar-refractivity contribution in [3.63, 3.8) is 0 Å². The first-order chi connectivity index (χ1) is 18.2. The Kier molecular flexibility index (Phi) is 6.91. The van der Waals surface area contributed by atoms with Gasteiger partial charge in [-0.1, -0.05) is 18.2 Å². The molecule has 0 bridgehead atoms. The molecule has 2 N–H and O–H groups in total. The largest absolute Gasteiger partial charge is 0.478 e. The van der Waals surface area contributed by atoms with Gasteiger partial charge in [-0.05, 0) is 63.7 Å². The number of benzene rings is 2. The molecule has 0 aliphatic carbocycles. The van der Waals surface area contributed by atoms with E-state index in [2.05, 4.69) is 27.1 Å². The highest BCUT2D eigenvalue weighted by atomic mass is 16.4. The molecule has 2 aromatic heterocycles. The van der Waals surface area contributed by atoms with E-state index < -0.39 is 5.97 Å². The molecule has 1 aliphatic rings. The number of aromatic carboxylic acids is 1. The van der Waals surface area contributed by atoms with Crippen LogP contribution >= 0.6 is 0 Å². The molecule has 38 heavy (non-hydrogen) atoms. The van der Waals surface area contributed by atoms with Gasteiger partial charge in [0, 0.05) is 54.8 Å². The summed E-state index contributed by atoms with van der Waals surface area (Å²) in [5.74, 6) is 0.392. The number of likely N-dealkylation sites (N-methyl/N-ethyl adjacent to an activating group) is 1. The number of fused-ring (bicyclic) bond motifs is 1. The SMILES string of the molecule is Cc1cc(C(C)Nc2ccccc2C(=O)O)c2oc(-c3ccc(N4CCN(C)CC4)nc3)c(C)c(=O)c2c1. The Morgan fingerprint density at radius 1 is 1.08 bits per heavy atom. The molecule has 8 heteroatoms. The predicted molar refractivity (Wildman–Crippen MR) is 150 cm³/mol. The molecule has 0 spiro atoms. The van der Waals surface area contributed by atoms with E-state index in [-0.39, 0.29) is 17.0 Å².